The lowest BCUT2D eigenvalue weighted by Crippen LogP contribution is -1.97. The standard InChI is InChI=1S/C44H24N2OS/c1-2-11-25(12-3-1)35-24-36(46-44(45-35)32-19-10-22-39-42(32)30-14-5-7-21-38(30)48-39)29-17-8-15-27-28-16-9-18-31-41(28)34(40(27)29)23-33-26-13-4-6-20-37(26)47-43(31)33/h1-24H. The van der Waals surface area contributed by atoms with Gasteiger partial charge in [-0.2, -0.15) is 0 Å². The first kappa shape index (κ1) is 26.0. The fraction of sp³-hybridized carbons (Fsp3) is 0. The monoisotopic (exact) mass is 628 g/mol. The summed E-state index contributed by atoms with van der Waals surface area (Å²) in [6, 6.07) is 51.6. The van der Waals surface area contributed by atoms with E-state index in [1.54, 1.807) is 0 Å². The van der Waals surface area contributed by atoms with Crippen molar-refractivity contribution in [3.05, 3.63) is 146 Å². The van der Waals surface area contributed by atoms with E-state index in [-0.39, 0.29) is 0 Å². The summed E-state index contributed by atoms with van der Waals surface area (Å²) in [5, 5.41) is 7.09. The smallest absolute Gasteiger partial charge is 0.161 e. The third kappa shape index (κ3) is 3.58. The van der Waals surface area contributed by atoms with Gasteiger partial charge in [-0.05, 0) is 52.6 Å². The van der Waals surface area contributed by atoms with E-state index in [1.165, 1.54) is 47.8 Å². The molecule has 7 aromatic carbocycles. The molecule has 0 radical (unpaired) electrons. The minimum absolute atomic E-state index is 0.732. The topological polar surface area (TPSA) is 38.9 Å². The maximum Gasteiger partial charge on any atom is 0.161 e. The molecule has 0 fully saturated rings. The molecule has 4 heteroatoms. The van der Waals surface area contributed by atoms with Crippen molar-refractivity contribution in [2.24, 2.45) is 0 Å². The number of benzene rings is 7. The zero-order valence-electron chi connectivity index (χ0n) is 25.6. The van der Waals surface area contributed by atoms with Gasteiger partial charge in [0.25, 0.3) is 0 Å². The Balaban J connectivity index is 1.22. The molecule has 0 saturated carbocycles. The first-order valence-corrected chi connectivity index (χ1v) is 17.0. The zero-order chi connectivity index (χ0) is 31.3. The summed E-state index contributed by atoms with van der Waals surface area (Å²) >= 11 is 1.82. The molecule has 10 aromatic rings. The highest BCUT2D eigenvalue weighted by Crippen LogP contribution is 2.53. The Hall–Kier alpha value is -6.10. The van der Waals surface area contributed by atoms with E-state index in [9.17, 15) is 0 Å². The summed E-state index contributed by atoms with van der Waals surface area (Å²) in [5.41, 5.74) is 11.8. The Kier molecular flexibility index (Phi) is 5.26. The van der Waals surface area contributed by atoms with Crippen LogP contribution in [-0.2, 0) is 0 Å². The Bertz CT molecular complexity index is 2950. The minimum Gasteiger partial charge on any atom is -0.455 e. The molecule has 0 unspecified atom stereocenters. The molecule has 0 N–H and O–H groups in total. The molecular weight excluding hydrogens is 605 g/mol. The van der Waals surface area contributed by atoms with Crippen molar-refractivity contribution >= 4 is 64.2 Å². The largest absolute Gasteiger partial charge is 0.455 e. The van der Waals surface area contributed by atoms with Gasteiger partial charge in [-0.3, -0.25) is 0 Å². The lowest BCUT2D eigenvalue weighted by Gasteiger charge is -2.14. The van der Waals surface area contributed by atoms with Crippen LogP contribution in [0.3, 0.4) is 0 Å². The zero-order valence-corrected chi connectivity index (χ0v) is 26.4. The third-order valence-corrected chi connectivity index (χ3v) is 11.0. The van der Waals surface area contributed by atoms with Crippen LogP contribution in [0.4, 0.5) is 0 Å². The third-order valence-electron chi connectivity index (χ3n) is 9.84. The number of furan rings is 1. The summed E-state index contributed by atoms with van der Waals surface area (Å²) in [4.78, 5) is 10.7. The van der Waals surface area contributed by atoms with Crippen LogP contribution < -0.4 is 0 Å². The highest BCUT2D eigenvalue weighted by Gasteiger charge is 2.28. The van der Waals surface area contributed by atoms with Crippen LogP contribution in [-0.4, -0.2) is 9.97 Å². The van der Waals surface area contributed by atoms with Crippen molar-refractivity contribution in [2.75, 3.05) is 0 Å². The summed E-state index contributed by atoms with van der Waals surface area (Å²) < 4.78 is 8.99. The van der Waals surface area contributed by atoms with Crippen molar-refractivity contribution in [3.63, 3.8) is 0 Å². The van der Waals surface area contributed by atoms with Gasteiger partial charge in [-0.15, -0.1) is 11.3 Å². The Morgan fingerprint density at radius 2 is 1.12 bits per heavy atom. The Labute approximate surface area is 279 Å². The summed E-state index contributed by atoms with van der Waals surface area (Å²) in [7, 11) is 0. The SMILES string of the molecule is c1ccc(-c2cc(-c3cccc4c3-c3cc5c6ccccc6oc5c5cccc-4c35)nc(-c3cccc4sc5ccccc5c34)n2)cc1. The van der Waals surface area contributed by atoms with E-state index in [2.05, 4.69) is 133 Å². The van der Waals surface area contributed by atoms with Gasteiger partial charge >= 0.3 is 0 Å². The maximum atomic E-state index is 6.49. The highest BCUT2D eigenvalue weighted by molar-refractivity contribution is 7.25. The Morgan fingerprint density at radius 1 is 0.438 bits per heavy atom. The average Bonchev–Trinajstić information content (AvgIpc) is 3.83. The quantitative estimate of drug-likeness (QED) is 0.195. The number of para-hydroxylation sites is 1. The first-order valence-electron chi connectivity index (χ1n) is 16.2. The second kappa shape index (κ2) is 9.71. The molecule has 222 valence electrons. The van der Waals surface area contributed by atoms with E-state index in [0.717, 1.165) is 61.2 Å². The summed E-state index contributed by atoms with van der Waals surface area (Å²) in [5.74, 6) is 0.732. The molecular formula is C44H24N2OS. The average molecular weight is 629 g/mol. The molecule has 3 nitrogen and oxygen atoms in total. The predicted octanol–water partition coefficient (Wildman–Crippen LogP) is 12.5. The molecule has 3 heterocycles. The number of nitrogens with zero attached hydrogens (tertiary/aromatic N) is 2. The summed E-state index contributed by atoms with van der Waals surface area (Å²) in [6.45, 7) is 0. The van der Waals surface area contributed by atoms with Crippen molar-refractivity contribution < 1.29 is 4.42 Å². The molecule has 0 atom stereocenters. The molecule has 1 aliphatic rings. The highest BCUT2D eigenvalue weighted by atomic mass is 32.1. The Morgan fingerprint density at radius 3 is 2.06 bits per heavy atom. The molecule has 3 aromatic heterocycles. The summed E-state index contributed by atoms with van der Waals surface area (Å²) in [6.07, 6.45) is 0. The predicted molar refractivity (Wildman–Crippen MR) is 200 cm³/mol. The van der Waals surface area contributed by atoms with E-state index < -0.39 is 0 Å². The molecule has 0 spiro atoms. The lowest BCUT2D eigenvalue weighted by atomic mass is 9.94. The van der Waals surface area contributed by atoms with Gasteiger partial charge in [0, 0.05) is 58.4 Å². The van der Waals surface area contributed by atoms with Gasteiger partial charge in [0.05, 0.1) is 11.4 Å². The van der Waals surface area contributed by atoms with Crippen molar-refractivity contribution in [3.8, 4) is 56.2 Å². The molecule has 11 rings (SSSR count). The van der Waals surface area contributed by atoms with Crippen LogP contribution in [0.1, 0.15) is 0 Å². The van der Waals surface area contributed by atoms with E-state index >= 15 is 0 Å². The van der Waals surface area contributed by atoms with Crippen molar-refractivity contribution in [1.82, 2.24) is 9.97 Å². The van der Waals surface area contributed by atoms with Gasteiger partial charge in [0.1, 0.15) is 11.2 Å². The van der Waals surface area contributed by atoms with Crippen LogP contribution in [0.2, 0.25) is 0 Å². The fourth-order valence-electron chi connectivity index (χ4n) is 7.78. The molecule has 0 bridgehead atoms. The number of hydrogen-bond acceptors (Lipinski definition) is 4. The first-order chi connectivity index (χ1) is 23.8. The van der Waals surface area contributed by atoms with Crippen LogP contribution >= 0.6 is 11.3 Å². The van der Waals surface area contributed by atoms with Crippen LogP contribution in [0.25, 0.3) is 109 Å². The number of fused-ring (bicyclic) bond motifs is 10. The minimum atomic E-state index is 0.732. The second-order valence-electron chi connectivity index (χ2n) is 12.5. The van der Waals surface area contributed by atoms with Crippen LogP contribution in [0.5, 0.6) is 0 Å². The lowest BCUT2D eigenvalue weighted by molar-refractivity contribution is 0.672. The van der Waals surface area contributed by atoms with Gasteiger partial charge in [-0.1, -0.05) is 115 Å². The van der Waals surface area contributed by atoms with Gasteiger partial charge in [0.15, 0.2) is 5.82 Å². The van der Waals surface area contributed by atoms with E-state index in [0.29, 0.717) is 0 Å². The number of thiophene rings is 1. The van der Waals surface area contributed by atoms with Crippen LogP contribution in [0, 0.1) is 0 Å². The second-order valence-corrected chi connectivity index (χ2v) is 13.5. The molecule has 0 saturated heterocycles. The maximum absolute atomic E-state index is 6.49. The molecule has 0 aliphatic heterocycles. The van der Waals surface area contributed by atoms with Crippen molar-refractivity contribution in [2.45, 2.75) is 0 Å². The number of hydrogen-bond donors (Lipinski definition) is 0. The van der Waals surface area contributed by atoms with Gasteiger partial charge in [-0.25, -0.2) is 9.97 Å². The van der Waals surface area contributed by atoms with Gasteiger partial charge < -0.3 is 4.42 Å². The molecule has 1 aliphatic carbocycles. The van der Waals surface area contributed by atoms with Gasteiger partial charge in [0.2, 0.25) is 0 Å². The number of aromatic nitrogens is 2. The molecule has 0 amide bonds. The molecule has 48 heavy (non-hydrogen) atoms. The van der Waals surface area contributed by atoms with E-state index in [1.807, 2.05) is 23.5 Å². The number of rotatable bonds is 3. The van der Waals surface area contributed by atoms with E-state index in [4.69, 9.17) is 14.4 Å². The van der Waals surface area contributed by atoms with Crippen LogP contribution in [0.15, 0.2) is 150 Å². The fourth-order valence-corrected chi connectivity index (χ4v) is 8.91. The normalized spacial score (nSPS) is 12.2. The van der Waals surface area contributed by atoms with Crippen molar-refractivity contribution in [1.29, 1.82) is 0 Å².